The number of nitrogens with zero attached hydrogens (tertiary/aromatic N) is 3. The van der Waals surface area contributed by atoms with E-state index in [1.165, 1.54) is 0 Å². The maximum atomic E-state index is 6.33. The van der Waals surface area contributed by atoms with Crippen molar-refractivity contribution in [1.82, 2.24) is 15.0 Å². The number of fused-ring (bicyclic) bond motifs is 1. The first-order valence-electron chi connectivity index (χ1n) is 7.50. The van der Waals surface area contributed by atoms with Crippen LogP contribution in [0.3, 0.4) is 0 Å². The number of para-hydroxylation sites is 2. The summed E-state index contributed by atoms with van der Waals surface area (Å²) in [7, 11) is 0. The highest BCUT2D eigenvalue weighted by Crippen LogP contribution is 2.27. The minimum absolute atomic E-state index is 0.321. The minimum Gasteiger partial charge on any atom is -0.435 e. The average Bonchev–Trinajstić information content (AvgIpc) is 3.12. The molecule has 0 saturated heterocycles. The van der Waals surface area contributed by atoms with E-state index in [0.717, 1.165) is 16.6 Å². The Morgan fingerprint density at radius 3 is 2.48 bits per heavy atom. The van der Waals surface area contributed by atoms with E-state index in [0.29, 0.717) is 27.4 Å². The molecule has 2 aromatic heterocycles. The minimum atomic E-state index is 0.321. The van der Waals surface area contributed by atoms with Crippen LogP contribution in [0.25, 0.3) is 33.5 Å². The van der Waals surface area contributed by atoms with E-state index in [-0.39, 0.29) is 0 Å². The lowest BCUT2D eigenvalue weighted by atomic mass is 10.2. The molecule has 25 heavy (non-hydrogen) atoms. The summed E-state index contributed by atoms with van der Waals surface area (Å²) in [6, 6.07) is 14.9. The quantitative estimate of drug-likeness (QED) is 0.467. The van der Waals surface area contributed by atoms with Crippen molar-refractivity contribution in [2.24, 2.45) is 0 Å². The first kappa shape index (κ1) is 15.8. The molecule has 0 unspecified atom stereocenters. The van der Waals surface area contributed by atoms with Crippen molar-refractivity contribution >= 4 is 45.3 Å². The van der Waals surface area contributed by atoms with Crippen molar-refractivity contribution in [1.29, 1.82) is 0 Å². The molecule has 2 aromatic carbocycles. The molecule has 6 heteroatoms. The van der Waals surface area contributed by atoms with Crippen molar-refractivity contribution in [3.8, 4) is 11.3 Å². The molecule has 122 valence electrons. The van der Waals surface area contributed by atoms with Gasteiger partial charge in [-0.1, -0.05) is 35.3 Å². The number of rotatable bonds is 3. The van der Waals surface area contributed by atoms with Crippen LogP contribution < -0.4 is 0 Å². The van der Waals surface area contributed by atoms with Gasteiger partial charge in [0.25, 0.3) is 0 Å². The summed E-state index contributed by atoms with van der Waals surface area (Å²) in [4.78, 5) is 13.1. The molecule has 0 fully saturated rings. The molecule has 4 rings (SSSR count). The fraction of sp³-hybridized carbons (Fsp3) is 0. The Labute approximate surface area is 153 Å². The third-order valence-corrected chi connectivity index (χ3v) is 4.10. The molecular weight excluding hydrogens is 357 g/mol. The standard InChI is InChI=1S/C19H11Cl2N3O/c20-13-7-5-12(6-8-13)18-11-23-19(25-18)15(21)9-14-10-22-16-3-1-2-4-17(16)24-14/h1-11H/b15-9-. The highest BCUT2D eigenvalue weighted by atomic mass is 35.5. The summed E-state index contributed by atoms with van der Waals surface area (Å²) in [6.45, 7) is 0. The number of aromatic nitrogens is 3. The molecule has 0 atom stereocenters. The van der Waals surface area contributed by atoms with Crippen LogP contribution in [-0.2, 0) is 0 Å². The Kier molecular flexibility index (Phi) is 4.22. The van der Waals surface area contributed by atoms with Gasteiger partial charge in [0.05, 0.1) is 29.1 Å². The third kappa shape index (κ3) is 3.40. The van der Waals surface area contributed by atoms with Crippen LogP contribution in [-0.4, -0.2) is 15.0 Å². The van der Waals surface area contributed by atoms with Crippen molar-refractivity contribution in [2.45, 2.75) is 0 Å². The maximum absolute atomic E-state index is 6.33. The summed E-state index contributed by atoms with van der Waals surface area (Å²) >= 11 is 12.2. The van der Waals surface area contributed by atoms with Gasteiger partial charge >= 0.3 is 0 Å². The fourth-order valence-corrected chi connectivity index (χ4v) is 2.69. The number of oxazole rings is 1. The molecule has 0 aliphatic carbocycles. The largest absolute Gasteiger partial charge is 0.435 e. The third-order valence-electron chi connectivity index (χ3n) is 3.58. The second kappa shape index (κ2) is 6.67. The number of hydrogen-bond donors (Lipinski definition) is 0. The van der Waals surface area contributed by atoms with Gasteiger partial charge in [0, 0.05) is 10.6 Å². The average molecular weight is 368 g/mol. The van der Waals surface area contributed by atoms with Gasteiger partial charge in [-0.2, -0.15) is 0 Å². The zero-order valence-corrected chi connectivity index (χ0v) is 14.4. The van der Waals surface area contributed by atoms with E-state index in [2.05, 4.69) is 15.0 Å². The zero-order chi connectivity index (χ0) is 17.2. The number of hydrogen-bond acceptors (Lipinski definition) is 4. The lowest BCUT2D eigenvalue weighted by molar-refractivity contribution is 0.559. The first-order valence-corrected chi connectivity index (χ1v) is 8.26. The molecule has 4 nitrogen and oxygen atoms in total. The van der Waals surface area contributed by atoms with Crippen LogP contribution >= 0.6 is 23.2 Å². The number of halogens is 2. The fourth-order valence-electron chi connectivity index (χ4n) is 2.36. The monoisotopic (exact) mass is 367 g/mol. The Balaban J connectivity index is 1.64. The summed E-state index contributed by atoms with van der Waals surface area (Å²) in [5, 5.41) is 1.01. The van der Waals surface area contributed by atoms with Gasteiger partial charge in [-0.3, -0.25) is 4.98 Å². The molecule has 0 aliphatic heterocycles. The predicted octanol–water partition coefficient (Wildman–Crippen LogP) is 5.68. The molecule has 0 N–H and O–H groups in total. The molecule has 4 aromatic rings. The Bertz CT molecular complexity index is 1070. The van der Waals surface area contributed by atoms with Gasteiger partial charge < -0.3 is 4.42 Å². The van der Waals surface area contributed by atoms with Crippen molar-refractivity contribution in [3.05, 3.63) is 77.5 Å². The van der Waals surface area contributed by atoms with Crippen LogP contribution in [0.4, 0.5) is 0 Å². The Morgan fingerprint density at radius 2 is 1.68 bits per heavy atom. The molecule has 0 radical (unpaired) electrons. The van der Waals surface area contributed by atoms with Gasteiger partial charge in [-0.05, 0) is 42.5 Å². The van der Waals surface area contributed by atoms with Crippen LogP contribution in [0.1, 0.15) is 11.6 Å². The SMILES string of the molecule is Cl/C(=C\c1cnc2ccccc2n1)c1ncc(-c2ccc(Cl)cc2)o1. The smallest absolute Gasteiger partial charge is 0.238 e. The number of benzene rings is 2. The first-order chi connectivity index (χ1) is 12.2. The molecule has 2 heterocycles. The van der Waals surface area contributed by atoms with Crippen LogP contribution in [0, 0.1) is 0 Å². The van der Waals surface area contributed by atoms with E-state index >= 15 is 0 Å². The van der Waals surface area contributed by atoms with Gasteiger partial charge in [0.2, 0.25) is 5.89 Å². The van der Waals surface area contributed by atoms with Crippen LogP contribution in [0.2, 0.25) is 5.02 Å². The molecule has 0 aliphatic rings. The highest BCUT2D eigenvalue weighted by molar-refractivity contribution is 6.50. The van der Waals surface area contributed by atoms with E-state index in [1.807, 2.05) is 36.4 Å². The summed E-state index contributed by atoms with van der Waals surface area (Å²) in [5.41, 5.74) is 3.14. The summed E-state index contributed by atoms with van der Waals surface area (Å²) in [6.07, 6.45) is 4.97. The summed E-state index contributed by atoms with van der Waals surface area (Å²) < 4.78 is 5.73. The topological polar surface area (TPSA) is 51.8 Å². The van der Waals surface area contributed by atoms with E-state index < -0.39 is 0 Å². The van der Waals surface area contributed by atoms with Gasteiger partial charge in [0.1, 0.15) is 5.03 Å². The lowest BCUT2D eigenvalue weighted by Crippen LogP contribution is -1.87. The highest BCUT2D eigenvalue weighted by Gasteiger charge is 2.10. The second-order valence-corrected chi connectivity index (χ2v) is 6.16. The van der Waals surface area contributed by atoms with Crippen molar-refractivity contribution < 1.29 is 4.42 Å². The van der Waals surface area contributed by atoms with Crippen molar-refractivity contribution in [3.63, 3.8) is 0 Å². The van der Waals surface area contributed by atoms with Crippen LogP contribution in [0.5, 0.6) is 0 Å². The van der Waals surface area contributed by atoms with E-state index in [4.69, 9.17) is 27.6 Å². The predicted molar refractivity (Wildman–Crippen MR) is 100 cm³/mol. The molecule has 0 saturated carbocycles. The second-order valence-electron chi connectivity index (χ2n) is 5.31. The summed E-state index contributed by atoms with van der Waals surface area (Å²) in [5.74, 6) is 0.935. The van der Waals surface area contributed by atoms with Crippen LogP contribution in [0.15, 0.2) is 65.3 Å². The van der Waals surface area contributed by atoms with E-state index in [1.54, 1.807) is 30.6 Å². The van der Waals surface area contributed by atoms with Gasteiger partial charge in [-0.15, -0.1) is 0 Å². The Morgan fingerprint density at radius 1 is 0.920 bits per heavy atom. The molecular formula is C19H11Cl2N3O. The molecule has 0 amide bonds. The molecule has 0 bridgehead atoms. The van der Waals surface area contributed by atoms with Gasteiger partial charge in [0.15, 0.2) is 5.76 Å². The zero-order valence-electron chi connectivity index (χ0n) is 12.9. The normalized spacial score (nSPS) is 11.8. The van der Waals surface area contributed by atoms with Gasteiger partial charge in [-0.25, -0.2) is 9.97 Å². The van der Waals surface area contributed by atoms with E-state index in [9.17, 15) is 0 Å². The Hall–Kier alpha value is -2.69. The molecule has 0 spiro atoms. The maximum Gasteiger partial charge on any atom is 0.238 e. The lowest BCUT2D eigenvalue weighted by Gasteiger charge is -1.99. The van der Waals surface area contributed by atoms with Crippen molar-refractivity contribution in [2.75, 3.05) is 0 Å².